The maximum absolute atomic E-state index is 11.8. The lowest BCUT2D eigenvalue weighted by molar-refractivity contribution is 0.0748. The number of ether oxygens (including phenoxy) is 2. The molecule has 1 fully saturated rings. The summed E-state index contributed by atoms with van der Waals surface area (Å²) in [5, 5.41) is 0. The molecular formula is C14H18O3. The molecule has 0 radical (unpaired) electrons. The van der Waals surface area contributed by atoms with Crippen LogP contribution in [0.4, 0.5) is 0 Å². The Morgan fingerprint density at radius 2 is 2.24 bits per heavy atom. The van der Waals surface area contributed by atoms with Crippen molar-refractivity contribution in [2.24, 2.45) is 5.92 Å². The van der Waals surface area contributed by atoms with Crippen LogP contribution >= 0.6 is 0 Å². The van der Waals surface area contributed by atoms with Crippen LogP contribution in [-0.2, 0) is 4.74 Å². The minimum Gasteiger partial charge on any atom is -0.497 e. The number of hydrogen-bond acceptors (Lipinski definition) is 3. The zero-order chi connectivity index (χ0) is 12.1. The van der Waals surface area contributed by atoms with Gasteiger partial charge in [0.15, 0.2) is 5.78 Å². The fourth-order valence-electron chi connectivity index (χ4n) is 1.70. The normalized spacial score (nSPS) is 14.6. The Bertz CT molecular complexity index is 383. The first-order valence-electron chi connectivity index (χ1n) is 6.04. The topological polar surface area (TPSA) is 35.5 Å². The molecule has 0 aliphatic heterocycles. The predicted molar refractivity (Wildman–Crippen MR) is 65.5 cm³/mol. The summed E-state index contributed by atoms with van der Waals surface area (Å²) in [6.07, 6.45) is 3.74. The van der Waals surface area contributed by atoms with Gasteiger partial charge in [-0.25, -0.2) is 0 Å². The van der Waals surface area contributed by atoms with Crippen LogP contribution in [0, 0.1) is 5.92 Å². The summed E-state index contributed by atoms with van der Waals surface area (Å²) in [6.45, 7) is 0.861. The van der Waals surface area contributed by atoms with Crippen molar-refractivity contribution in [2.75, 3.05) is 20.3 Å². The van der Waals surface area contributed by atoms with E-state index in [1.165, 1.54) is 12.8 Å². The standard InChI is InChI=1S/C14H18O3/c1-16-13-4-2-3-12(9-13)14(15)10-17-8-7-11-5-6-11/h2-4,9,11H,5-8,10H2,1H3. The van der Waals surface area contributed by atoms with Crippen LogP contribution in [0.2, 0.25) is 0 Å². The Kier molecular flexibility index (Phi) is 4.15. The maximum Gasteiger partial charge on any atom is 0.188 e. The monoisotopic (exact) mass is 234 g/mol. The Hall–Kier alpha value is -1.35. The summed E-state index contributed by atoms with van der Waals surface area (Å²) in [4.78, 5) is 11.8. The van der Waals surface area contributed by atoms with Gasteiger partial charge in [-0.1, -0.05) is 25.0 Å². The van der Waals surface area contributed by atoms with Crippen molar-refractivity contribution in [3.8, 4) is 5.75 Å². The van der Waals surface area contributed by atoms with Crippen molar-refractivity contribution in [3.05, 3.63) is 29.8 Å². The molecule has 17 heavy (non-hydrogen) atoms. The van der Waals surface area contributed by atoms with E-state index in [9.17, 15) is 4.79 Å². The van der Waals surface area contributed by atoms with E-state index < -0.39 is 0 Å². The van der Waals surface area contributed by atoms with Gasteiger partial charge in [-0.15, -0.1) is 0 Å². The largest absolute Gasteiger partial charge is 0.497 e. The van der Waals surface area contributed by atoms with Gasteiger partial charge >= 0.3 is 0 Å². The van der Waals surface area contributed by atoms with Crippen molar-refractivity contribution in [2.45, 2.75) is 19.3 Å². The third-order valence-corrected chi connectivity index (χ3v) is 2.99. The Labute approximate surface area is 102 Å². The Morgan fingerprint density at radius 1 is 1.41 bits per heavy atom. The SMILES string of the molecule is COc1cccc(C(=O)COCCC2CC2)c1. The van der Waals surface area contributed by atoms with Crippen LogP contribution in [0.25, 0.3) is 0 Å². The molecule has 0 bridgehead atoms. The van der Waals surface area contributed by atoms with E-state index in [4.69, 9.17) is 9.47 Å². The summed E-state index contributed by atoms with van der Waals surface area (Å²) in [5.74, 6) is 1.57. The molecule has 0 atom stereocenters. The molecule has 1 aromatic carbocycles. The van der Waals surface area contributed by atoms with Gasteiger partial charge in [0, 0.05) is 12.2 Å². The highest BCUT2D eigenvalue weighted by molar-refractivity contribution is 5.97. The fourth-order valence-corrected chi connectivity index (χ4v) is 1.70. The third kappa shape index (κ3) is 3.86. The Balaban J connectivity index is 1.76. The number of hydrogen-bond donors (Lipinski definition) is 0. The van der Waals surface area contributed by atoms with Gasteiger partial charge in [-0.3, -0.25) is 4.79 Å². The molecule has 3 heteroatoms. The van der Waals surface area contributed by atoms with E-state index in [0.29, 0.717) is 17.9 Å². The smallest absolute Gasteiger partial charge is 0.188 e. The Morgan fingerprint density at radius 3 is 2.94 bits per heavy atom. The molecule has 92 valence electrons. The van der Waals surface area contributed by atoms with Crippen LogP contribution in [0.1, 0.15) is 29.6 Å². The number of Topliss-reactive ketones (excluding diaryl/α,β-unsaturated/α-hetero) is 1. The lowest BCUT2D eigenvalue weighted by Crippen LogP contribution is -2.10. The molecule has 0 N–H and O–H groups in total. The van der Waals surface area contributed by atoms with Crippen molar-refractivity contribution in [1.82, 2.24) is 0 Å². The van der Waals surface area contributed by atoms with Crippen molar-refractivity contribution in [3.63, 3.8) is 0 Å². The molecule has 0 aromatic heterocycles. The van der Waals surface area contributed by atoms with E-state index in [2.05, 4.69) is 0 Å². The molecule has 0 unspecified atom stereocenters. The highest BCUT2D eigenvalue weighted by Crippen LogP contribution is 2.32. The molecule has 0 heterocycles. The summed E-state index contributed by atoms with van der Waals surface area (Å²) in [5.41, 5.74) is 0.649. The van der Waals surface area contributed by atoms with E-state index in [1.807, 2.05) is 12.1 Å². The molecule has 3 nitrogen and oxygen atoms in total. The quantitative estimate of drug-likeness (QED) is 0.537. The zero-order valence-corrected chi connectivity index (χ0v) is 10.1. The second-order valence-electron chi connectivity index (χ2n) is 4.44. The minimum absolute atomic E-state index is 0.0136. The first-order chi connectivity index (χ1) is 8.29. The maximum atomic E-state index is 11.8. The molecule has 0 saturated heterocycles. The number of rotatable bonds is 7. The lowest BCUT2D eigenvalue weighted by Gasteiger charge is -2.05. The first kappa shape index (κ1) is 12.1. The fraction of sp³-hybridized carbons (Fsp3) is 0.500. The van der Waals surface area contributed by atoms with Crippen molar-refractivity contribution < 1.29 is 14.3 Å². The van der Waals surface area contributed by atoms with E-state index in [1.54, 1.807) is 19.2 Å². The zero-order valence-electron chi connectivity index (χ0n) is 10.1. The molecular weight excluding hydrogens is 216 g/mol. The van der Waals surface area contributed by atoms with Crippen LogP contribution in [0.15, 0.2) is 24.3 Å². The molecule has 2 rings (SSSR count). The lowest BCUT2D eigenvalue weighted by atomic mass is 10.1. The summed E-state index contributed by atoms with van der Waals surface area (Å²) >= 11 is 0. The molecule has 1 aromatic rings. The van der Waals surface area contributed by atoms with Crippen LogP contribution in [0.3, 0.4) is 0 Å². The van der Waals surface area contributed by atoms with Gasteiger partial charge in [0.2, 0.25) is 0 Å². The number of carbonyl (C=O) groups excluding carboxylic acids is 1. The van der Waals surface area contributed by atoms with Gasteiger partial charge in [-0.2, -0.15) is 0 Å². The second-order valence-corrected chi connectivity index (χ2v) is 4.44. The number of ketones is 1. The molecule has 1 aliphatic carbocycles. The number of carbonyl (C=O) groups is 1. The highest BCUT2D eigenvalue weighted by atomic mass is 16.5. The predicted octanol–water partition coefficient (Wildman–Crippen LogP) is 2.69. The van der Waals surface area contributed by atoms with Crippen LogP contribution in [0.5, 0.6) is 5.75 Å². The summed E-state index contributed by atoms with van der Waals surface area (Å²) in [7, 11) is 1.59. The summed E-state index contributed by atoms with van der Waals surface area (Å²) < 4.78 is 10.5. The van der Waals surface area contributed by atoms with Gasteiger partial charge in [-0.05, 0) is 24.5 Å². The van der Waals surface area contributed by atoms with E-state index in [-0.39, 0.29) is 12.4 Å². The van der Waals surface area contributed by atoms with Crippen LogP contribution in [-0.4, -0.2) is 26.1 Å². The van der Waals surface area contributed by atoms with Gasteiger partial charge in [0.1, 0.15) is 12.4 Å². The minimum atomic E-state index is 0.0136. The first-order valence-corrected chi connectivity index (χ1v) is 6.04. The number of benzene rings is 1. The number of methoxy groups -OCH3 is 1. The highest BCUT2D eigenvalue weighted by Gasteiger charge is 2.20. The average molecular weight is 234 g/mol. The second kappa shape index (κ2) is 5.82. The molecule has 0 spiro atoms. The van der Waals surface area contributed by atoms with E-state index >= 15 is 0 Å². The van der Waals surface area contributed by atoms with Crippen LogP contribution < -0.4 is 4.74 Å². The van der Waals surface area contributed by atoms with Crippen molar-refractivity contribution >= 4 is 5.78 Å². The van der Waals surface area contributed by atoms with Crippen molar-refractivity contribution in [1.29, 1.82) is 0 Å². The average Bonchev–Trinajstić information content (AvgIpc) is 3.18. The van der Waals surface area contributed by atoms with Gasteiger partial charge < -0.3 is 9.47 Å². The molecule has 0 amide bonds. The van der Waals surface area contributed by atoms with Gasteiger partial charge in [0.05, 0.1) is 7.11 Å². The third-order valence-electron chi connectivity index (χ3n) is 2.99. The molecule has 1 aliphatic rings. The van der Waals surface area contributed by atoms with E-state index in [0.717, 1.165) is 12.3 Å². The summed E-state index contributed by atoms with van der Waals surface area (Å²) in [6, 6.07) is 7.17. The van der Waals surface area contributed by atoms with Gasteiger partial charge in [0.25, 0.3) is 0 Å². The molecule has 1 saturated carbocycles.